The van der Waals surface area contributed by atoms with E-state index in [0.29, 0.717) is 37.6 Å². The van der Waals surface area contributed by atoms with Crippen LogP contribution in [0.3, 0.4) is 0 Å². The Morgan fingerprint density at radius 1 is 1.30 bits per heavy atom. The third-order valence-corrected chi connectivity index (χ3v) is 5.04. The third-order valence-electron chi connectivity index (χ3n) is 5.04. The van der Waals surface area contributed by atoms with Gasteiger partial charge in [0.25, 0.3) is 10.9 Å². The third kappa shape index (κ3) is 4.21. The van der Waals surface area contributed by atoms with Crippen LogP contribution in [0.2, 0.25) is 0 Å². The summed E-state index contributed by atoms with van der Waals surface area (Å²) in [7, 11) is 0. The van der Waals surface area contributed by atoms with E-state index in [1.165, 1.54) is 11.1 Å². The topological polar surface area (TPSA) is 75.7 Å². The molecule has 0 aliphatic carbocycles. The van der Waals surface area contributed by atoms with Crippen LogP contribution in [0.5, 0.6) is 0 Å². The Morgan fingerprint density at radius 2 is 2.11 bits per heavy atom. The maximum Gasteiger partial charge on any atom is 0.310 e. The van der Waals surface area contributed by atoms with E-state index in [9.17, 15) is 14.4 Å². The highest BCUT2D eigenvalue weighted by atomic mass is 16.5. The predicted molar refractivity (Wildman–Crippen MR) is 106 cm³/mol. The quantitative estimate of drug-likeness (QED) is 0.594. The van der Waals surface area contributed by atoms with E-state index in [2.05, 4.69) is 11.4 Å². The molecule has 1 atom stereocenters. The van der Waals surface area contributed by atoms with Crippen molar-refractivity contribution >= 4 is 17.3 Å². The van der Waals surface area contributed by atoms with E-state index in [0.717, 1.165) is 19.3 Å². The Hall–Kier alpha value is -2.63. The van der Waals surface area contributed by atoms with E-state index in [1.807, 2.05) is 30.0 Å². The van der Waals surface area contributed by atoms with Gasteiger partial charge in [-0.05, 0) is 38.7 Å². The van der Waals surface area contributed by atoms with Crippen LogP contribution in [0.4, 0.5) is 11.4 Å². The number of carbonyl (C=O) groups excluding carboxylic acids is 1. The zero-order chi connectivity index (χ0) is 19.4. The smallest absolute Gasteiger partial charge is 0.310 e. The largest absolute Gasteiger partial charge is 0.466 e. The van der Waals surface area contributed by atoms with Gasteiger partial charge in [-0.3, -0.25) is 14.4 Å². The number of hydrogen-bond acceptors (Lipinski definition) is 6. The van der Waals surface area contributed by atoms with Gasteiger partial charge in [-0.25, -0.2) is 0 Å². The second-order valence-electron chi connectivity index (χ2n) is 7.08. The van der Waals surface area contributed by atoms with Gasteiger partial charge in [-0.1, -0.05) is 29.8 Å². The molecule has 0 radical (unpaired) electrons. The van der Waals surface area contributed by atoms with Crippen molar-refractivity contribution < 1.29 is 9.53 Å². The number of nitrogens with one attached hydrogen (secondary N) is 1. The first-order chi connectivity index (χ1) is 13.0. The SMILES string of the molecule is CCOC(=O)[C@@H]1CCCN(c2c(NCCc3cccc(C)c3)c(=O)c2=O)C1. The van der Waals surface area contributed by atoms with Crippen molar-refractivity contribution in [1.29, 1.82) is 0 Å². The highest BCUT2D eigenvalue weighted by Crippen LogP contribution is 2.27. The van der Waals surface area contributed by atoms with Crippen molar-refractivity contribution in [3.8, 4) is 0 Å². The van der Waals surface area contributed by atoms with Gasteiger partial charge in [0.05, 0.1) is 12.5 Å². The molecule has 2 aromatic carbocycles. The summed E-state index contributed by atoms with van der Waals surface area (Å²) in [6.07, 6.45) is 2.32. The van der Waals surface area contributed by atoms with Gasteiger partial charge in [0.2, 0.25) is 0 Å². The highest BCUT2D eigenvalue weighted by molar-refractivity contribution is 5.78. The lowest BCUT2D eigenvalue weighted by molar-refractivity contribution is -0.148. The molecule has 0 amide bonds. The van der Waals surface area contributed by atoms with Gasteiger partial charge in [0.1, 0.15) is 11.4 Å². The Labute approximate surface area is 158 Å². The fourth-order valence-corrected chi connectivity index (χ4v) is 3.68. The predicted octanol–water partition coefficient (Wildman–Crippen LogP) is 2.03. The molecule has 0 spiro atoms. The zero-order valence-electron chi connectivity index (χ0n) is 15.9. The summed E-state index contributed by atoms with van der Waals surface area (Å²) in [4.78, 5) is 38.1. The molecule has 1 N–H and O–H groups in total. The number of hydrogen-bond donors (Lipinski definition) is 1. The molecule has 0 aromatic heterocycles. The van der Waals surface area contributed by atoms with E-state index in [4.69, 9.17) is 4.74 Å². The molecule has 0 bridgehead atoms. The minimum Gasteiger partial charge on any atom is -0.466 e. The van der Waals surface area contributed by atoms with Crippen molar-refractivity contribution in [1.82, 2.24) is 0 Å². The van der Waals surface area contributed by atoms with Crippen molar-refractivity contribution in [3.63, 3.8) is 0 Å². The second-order valence-corrected chi connectivity index (χ2v) is 7.08. The summed E-state index contributed by atoms with van der Waals surface area (Å²) < 4.78 is 5.11. The molecule has 6 nitrogen and oxygen atoms in total. The Morgan fingerprint density at radius 3 is 2.85 bits per heavy atom. The van der Waals surface area contributed by atoms with E-state index in [-0.39, 0.29) is 11.9 Å². The lowest BCUT2D eigenvalue weighted by Crippen LogP contribution is -2.47. The summed E-state index contributed by atoms with van der Waals surface area (Å²) in [5.74, 6) is -0.474. The second kappa shape index (κ2) is 8.37. The number of ether oxygens (including phenoxy) is 1. The van der Waals surface area contributed by atoms with Crippen LogP contribution in [0, 0.1) is 12.8 Å². The molecule has 3 rings (SSSR count). The fraction of sp³-hybridized carbons (Fsp3) is 0.476. The van der Waals surface area contributed by atoms with Gasteiger partial charge in [0.15, 0.2) is 0 Å². The van der Waals surface area contributed by atoms with E-state index < -0.39 is 10.9 Å². The molecule has 2 aromatic rings. The number of esters is 1. The van der Waals surface area contributed by atoms with E-state index in [1.54, 1.807) is 6.92 Å². The average molecular weight is 370 g/mol. The molecule has 0 unspecified atom stereocenters. The number of anilines is 2. The fourth-order valence-electron chi connectivity index (χ4n) is 3.68. The van der Waals surface area contributed by atoms with Crippen LogP contribution < -0.4 is 21.1 Å². The van der Waals surface area contributed by atoms with Gasteiger partial charge >= 0.3 is 5.97 Å². The lowest BCUT2D eigenvalue weighted by atomic mass is 9.96. The molecule has 1 heterocycles. The van der Waals surface area contributed by atoms with Crippen molar-refractivity contribution in [2.75, 3.05) is 36.5 Å². The number of aryl methyl sites for hydroxylation is 1. The lowest BCUT2D eigenvalue weighted by Gasteiger charge is -2.34. The zero-order valence-corrected chi connectivity index (χ0v) is 15.9. The molecule has 0 saturated carbocycles. The average Bonchev–Trinajstić information content (AvgIpc) is 2.67. The van der Waals surface area contributed by atoms with Gasteiger partial charge in [-0.15, -0.1) is 0 Å². The van der Waals surface area contributed by atoms with Crippen LogP contribution in [-0.2, 0) is 16.0 Å². The van der Waals surface area contributed by atoms with Crippen molar-refractivity contribution in [3.05, 3.63) is 55.8 Å². The van der Waals surface area contributed by atoms with Crippen LogP contribution in [0.1, 0.15) is 30.9 Å². The molecule has 6 heteroatoms. The molecule has 1 saturated heterocycles. The summed E-state index contributed by atoms with van der Waals surface area (Å²) >= 11 is 0. The first-order valence-electron chi connectivity index (χ1n) is 9.55. The van der Waals surface area contributed by atoms with Crippen molar-refractivity contribution in [2.45, 2.75) is 33.1 Å². The molecule has 1 aliphatic rings. The number of benzene rings is 1. The first kappa shape index (κ1) is 19.1. The normalized spacial score (nSPS) is 17.1. The van der Waals surface area contributed by atoms with Crippen LogP contribution in [0.25, 0.3) is 0 Å². The summed E-state index contributed by atoms with van der Waals surface area (Å²) in [5.41, 5.74) is 2.27. The van der Waals surface area contributed by atoms with Gasteiger partial charge < -0.3 is 15.0 Å². The summed E-state index contributed by atoms with van der Waals surface area (Å²) in [6.45, 7) is 5.86. The minimum absolute atomic E-state index is 0.227. The standard InChI is InChI=1S/C21H26N2O4/c1-3-27-21(26)16-8-5-11-23(13-16)18-17(19(24)20(18)25)22-10-9-15-7-4-6-14(2)12-15/h4,6-7,12,16,22H,3,5,8-11,13H2,1-2H3/t16-/m1/s1. The number of rotatable bonds is 7. The first-order valence-corrected chi connectivity index (χ1v) is 9.55. The Balaban J connectivity index is 1.65. The molecule has 1 fully saturated rings. The molecule has 27 heavy (non-hydrogen) atoms. The van der Waals surface area contributed by atoms with Gasteiger partial charge in [0, 0.05) is 19.6 Å². The summed E-state index contributed by atoms with van der Waals surface area (Å²) in [5, 5.41) is 3.14. The summed E-state index contributed by atoms with van der Waals surface area (Å²) in [6, 6.07) is 8.21. The molecule has 144 valence electrons. The number of piperidine rings is 1. The minimum atomic E-state index is -0.465. The monoisotopic (exact) mass is 370 g/mol. The van der Waals surface area contributed by atoms with E-state index >= 15 is 0 Å². The Kier molecular flexibility index (Phi) is 5.94. The molecular weight excluding hydrogens is 344 g/mol. The molecule has 1 aliphatic heterocycles. The highest BCUT2D eigenvalue weighted by Gasteiger charge is 2.32. The van der Waals surface area contributed by atoms with Crippen LogP contribution in [0.15, 0.2) is 33.9 Å². The van der Waals surface area contributed by atoms with Gasteiger partial charge in [-0.2, -0.15) is 0 Å². The number of nitrogens with zero attached hydrogens (tertiary/aromatic N) is 1. The number of carbonyl (C=O) groups is 1. The molecular formula is C21H26N2O4. The van der Waals surface area contributed by atoms with Crippen LogP contribution in [-0.4, -0.2) is 32.2 Å². The maximum atomic E-state index is 12.1. The Bertz CT molecular complexity index is 883. The van der Waals surface area contributed by atoms with Crippen LogP contribution >= 0.6 is 0 Å². The maximum absolute atomic E-state index is 12.1. The van der Waals surface area contributed by atoms with Crippen molar-refractivity contribution in [2.24, 2.45) is 5.92 Å².